The molecule has 31 heavy (non-hydrogen) atoms. The number of amides is 3. The van der Waals surface area contributed by atoms with E-state index in [2.05, 4.69) is 22.8 Å². The average Bonchev–Trinajstić information content (AvgIpc) is 2.81. The molecule has 0 bridgehead atoms. The number of rotatable bonds is 8. The molecule has 0 radical (unpaired) electrons. The molecule has 7 nitrogen and oxygen atoms in total. The van der Waals surface area contributed by atoms with Gasteiger partial charge < -0.3 is 20.3 Å². The summed E-state index contributed by atoms with van der Waals surface area (Å²) < 4.78 is 5.18. The molecule has 0 atom stereocenters. The Bertz CT molecular complexity index is 850. The van der Waals surface area contributed by atoms with Gasteiger partial charge in [0.1, 0.15) is 0 Å². The van der Waals surface area contributed by atoms with Crippen LogP contribution in [0.3, 0.4) is 0 Å². The number of likely N-dealkylation sites (tertiary alicyclic amines) is 1. The lowest BCUT2D eigenvalue weighted by Gasteiger charge is -2.30. The van der Waals surface area contributed by atoms with Gasteiger partial charge in [-0.05, 0) is 43.4 Å². The highest BCUT2D eigenvalue weighted by Crippen LogP contribution is 2.19. The molecule has 2 N–H and O–H groups in total. The van der Waals surface area contributed by atoms with Gasteiger partial charge in [0.15, 0.2) is 6.61 Å². The number of benzene rings is 2. The quantitative estimate of drug-likeness (QED) is 0.504. The van der Waals surface area contributed by atoms with Gasteiger partial charge in [-0.2, -0.15) is 0 Å². The molecule has 0 aliphatic carbocycles. The van der Waals surface area contributed by atoms with Gasteiger partial charge in [0.05, 0.1) is 5.92 Å². The lowest BCUT2D eigenvalue weighted by Crippen LogP contribution is -2.43. The molecule has 1 heterocycles. The summed E-state index contributed by atoms with van der Waals surface area (Å²) in [7, 11) is 0. The van der Waals surface area contributed by atoms with Gasteiger partial charge in [-0.1, -0.05) is 48.5 Å². The second-order valence-corrected chi connectivity index (χ2v) is 7.60. The maximum Gasteiger partial charge on any atom is 0.321 e. The zero-order valence-electron chi connectivity index (χ0n) is 17.6. The fraction of sp³-hybridized carbons (Fsp3) is 0.375. The van der Waals surface area contributed by atoms with E-state index in [-0.39, 0.29) is 30.4 Å². The molecule has 1 saturated heterocycles. The highest BCUT2D eigenvalue weighted by molar-refractivity contribution is 5.89. The number of aryl methyl sites for hydroxylation is 1. The van der Waals surface area contributed by atoms with Gasteiger partial charge in [0.2, 0.25) is 0 Å². The second kappa shape index (κ2) is 11.7. The predicted molar refractivity (Wildman–Crippen MR) is 118 cm³/mol. The Balaban J connectivity index is 1.29. The van der Waals surface area contributed by atoms with Crippen molar-refractivity contribution < 1.29 is 19.1 Å². The van der Waals surface area contributed by atoms with Crippen LogP contribution in [-0.4, -0.2) is 49.0 Å². The molecule has 1 aliphatic rings. The summed E-state index contributed by atoms with van der Waals surface area (Å²) in [6, 6.07) is 19.2. The van der Waals surface area contributed by atoms with E-state index in [0.29, 0.717) is 32.5 Å². The largest absolute Gasteiger partial charge is 0.455 e. The highest BCUT2D eigenvalue weighted by Gasteiger charge is 2.28. The SMILES string of the molecule is O=C(COC(=O)C1CCN(C(=O)Nc2ccccc2)CC1)NCCCc1ccccc1. The molecular formula is C24H29N3O4. The molecule has 2 aromatic carbocycles. The Hall–Kier alpha value is -3.35. The van der Waals surface area contributed by atoms with Crippen LogP contribution < -0.4 is 10.6 Å². The number of carbonyl (C=O) groups excluding carboxylic acids is 3. The maximum absolute atomic E-state index is 12.3. The normalized spacial score (nSPS) is 14.0. The van der Waals surface area contributed by atoms with Crippen molar-refractivity contribution in [2.45, 2.75) is 25.7 Å². The van der Waals surface area contributed by atoms with Gasteiger partial charge in [-0.3, -0.25) is 9.59 Å². The fourth-order valence-electron chi connectivity index (χ4n) is 3.51. The first-order valence-electron chi connectivity index (χ1n) is 10.7. The number of ether oxygens (including phenoxy) is 1. The monoisotopic (exact) mass is 423 g/mol. The molecule has 164 valence electrons. The van der Waals surface area contributed by atoms with E-state index in [9.17, 15) is 14.4 Å². The number of urea groups is 1. The fourth-order valence-corrected chi connectivity index (χ4v) is 3.51. The number of esters is 1. The van der Waals surface area contributed by atoms with Crippen LogP contribution in [0.1, 0.15) is 24.8 Å². The molecule has 1 fully saturated rings. The molecule has 7 heteroatoms. The average molecular weight is 424 g/mol. The summed E-state index contributed by atoms with van der Waals surface area (Å²) in [4.78, 5) is 38.2. The van der Waals surface area contributed by atoms with E-state index in [1.165, 1.54) is 5.56 Å². The third kappa shape index (κ3) is 7.44. The minimum Gasteiger partial charge on any atom is -0.455 e. The summed E-state index contributed by atoms with van der Waals surface area (Å²) in [5, 5.41) is 5.63. The lowest BCUT2D eigenvalue weighted by atomic mass is 9.97. The molecule has 1 aliphatic heterocycles. The van der Waals surface area contributed by atoms with Gasteiger partial charge in [-0.25, -0.2) is 4.79 Å². The third-order valence-electron chi connectivity index (χ3n) is 5.29. The smallest absolute Gasteiger partial charge is 0.321 e. The van der Waals surface area contributed by atoms with E-state index >= 15 is 0 Å². The van der Waals surface area contributed by atoms with Gasteiger partial charge >= 0.3 is 12.0 Å². The minimum absolute atomic E-state index is 0.173. The van der Waals surface area contributed by atoms with Crippen molar-refractivity contribution >= 4 is 23.6 Å². The highest BCUT2D eigenvalue weighted by atomic mass is 16.5. The molecule has 3 rings (SSSR count). The van der Waals surface area contributed by atoms with Crippen LogP contribution in [0.5, 0.6) is 0 Å². The van der Waals surface area contributed by atoms with Crippen LogP contribution in [-0.2, 0) is 20.7 Å². The lowest BCUT2D eigenvalue weighted by molar-refractivity contribution is -0.153. The van der Waals surface area contributed by atoms with Crippen molar-refractivity contribution in [3.05, 3.63) is 66.2 Å². The summed E-state index contributed by atoms with van der Waals surface area (Å²) in [6.07, 6.45) is 2.77. The molecule has 2 aromatic rings. The first kappa shape index (κ1) is 22.3. The Morgan fingerprint density at radius 1 is 0.935 bits per heavy atom. The number of carbonyl (C=O) groups is 3. The van der Waals surface area contributed by atoms with Crippen molar-refractivity contribution in [1.29, 1.82) is 0 Å². The molecule has 3 amide bonds. The van der Waals surface area contributed by atoms with E-state index < -0.39 is 0 Å². The Morgan fingerprint density at radius 2 is 1.58 bits per heavy atom. The van der Waals surface area contributed by atoms with Crippen molar-refractivity contribution in [2.75, 3.05) is 31.6 Å². The van der Waals surface area contributed by atoms with E-state index in [1.54, 1.807) is 4.90 Å². The molecule has 0 aromatic heterocycles. The van der Waals surface area contributed by atoms with E-state index in [0.717, 1.165) is 18.5 Å². The van der Waals surface area contributed by atoms with Crippen LogP contribution >= 0.6 is 0 Å². The minimum atomic E-state index is -0.373. The van der Waals surface area contributed by atoms with Crippen LogP contribution in [0, 0.1) is 5.92 Å². The number of piperidine rings is 1. The number of para-hydroxylation sites is 1. The number of anilines is 1. The molecule has 0 spiro atoms. The standard InChI is InChI=1S/C24H29N3O4/c28-22(25-15-7-10-19-8-3-1-4-9-19)18-31-23(29)20-13-16-27(17-14-20)24(30)26-21-11-5-2-6-12-21/h1-6,8-9,11-12,20H,7,10,13-18H2,(H,25,28)(H,26,30). The second-order valence-electron chi connectivity index (χ2n) is 7.60. The first-order chi connectivity index (χ1) is 15.1. The summed E-state index contributed by atoms with van der Waals surface area (Å²) in [5.74, 6) is -0.949. The van der Waals surface area contributed by atoms with Crippen molar-refractivity contribution in [1.82, 2.24) is 10.2 Å². The van der Waals surface area contributed by atoms with Crippen LogP contribution in [0.2, 0.25) is 0 Å². The number of nitrogens with one attached hydrogen (secondary N) is 2. The molecular weight excluding hydrogens is 394 g/mol. The van der Waals surface area contributed by atoms with Gasteiger partial charge in [0, 0.05) is 25.3 Å². The topological polar surface area (TPSA) is 87.7 Å². The van der Waals surface area contributed by atoms with Crippen molar-refractivity contribution in [3.8, 4) is 0 Å². The first-order valence-corrected chi connectivity index (χ1v) is 10.7. The molecule has 0 unspecified atom stereocenters. The number of hydrogen-bond donors (Lipinski definition) is 2. The summed E-state index contributed by atoms with van der Waals surface area (Å²) in [6.45, 7) is 1.23. The zero-order chi connectivity index (χ0) is 21.9. The Morgan fingerprint density at radius 3 is 2.26 bits per heavy atom. The molecule has 0 saturated carbocycles. The number of hydrogen-bond acceptors (Lipinski definition) is 4. The summed E-state index contributed by atoms with van der Waals surface area (Å²) >= 11 is 0. The van der Waals surface area contributed by atoms with Crippen molar-refractivity contribution in [2.24, 2.45) is 5.92 Å². The predicted octanol–water partition coefficient (Wildman–Crippen LogP) is 3.22. The van der Waals surface area contributed by atoms with Crippen LogP contribution in [0.15, 0.2) is 60.7 Å². The van der Waals surface area contributed by atoms with Crippen molar-refractivity contribution in [3.63, 3.8) is 0 Å². The van der Waals surface area contributed by atoms with Gasteiger partial charge in [-0.15, -0.1) is 0 Å². The van der Waals surface area contributed by atoms with Gasteiger partial charge in [0.25, 0.3) is 5.91 Å². The maximum atomic E-state index is 12.3. The van der Waals surface area contributed by atoms with Crippen LogP contribution in [0.4, 0.5) is 10.5 Å². The summed E-state index contributed by atoms with van der Waals surface area (Å²) in [5.41, 5.74) is 1.97. The number of nitrogens with zero attached hydrogens (tertiary/aromatic N) is 1. The Labute approximate surface area is 182 Å². The van der Waals surface area contributed by atoms with E-state index in [4.69, 9.17) is 4.74 Å². The third-order valence-corrected chi connectivity index (χ3v) is 5.29. The van der Waals surface area contributed by atoms with Crippen LogP contribution in [0.25, 0.3) is 0 Å². The zero-order valence-corrected chi connectivity index (χ0v) is 17.6. The Kier molecular flexibility index (Phi) is 8.46. The van der Waals surface area contributed by atoms with E-state index in [1.807, 2.05) is 48.5 Å².